The number of alkyl halides is 3. The second kappa shape index (κ2) is 5.86. The predicted molar refractivity (Wildman–Crippen MR) is 91.6 cm³/mol. The quantitative estimate of drug-likeness (QED) is 0.856. The van der Waals surface area contributed by atoms with Gasteiger partial charge in [-0.25, -0.2) is 0 Å². The maximum Gasteiger partial charge on any atom is 0.418 e. The van der Waals surface area contributed by atoms with Gasteiger partial charge in [0.05, 0.1) is 17.3 Å². The van der Waals surface area contributed by atoms with E-state index in [2.05, 4.69) is 10.6 Å². The van der Waals surface area contributed by atoms with E-state index in [9.17, 15) is 23.2 Å². The largest absolute Gasteiger partial charge is 0.418 e. The van der Waals surface area contributed by atoms with Gasteiger partial charge in [-0.15, -0.1) is 0 Å². The summed E-state index contributed by atoms with van der Waals surface area (Å²) in [5.74, 6) is 0. The van der Waals surface area contributed by atoms with E-state index in [-0.39, 0.29) is 27.7 Å². The second-order valence-corrected chi connectivity index (χ2v) is 7.70. The third-order valence-electron chi connectivity index (χ3n) is 5.12. The Kier molecular flexibility index (Phi) is 3.86. The van der Waals surface area contributed by atoms with Gasteiger partial charge in [0.2, 0.25) is 0 Å². The molecule has 2 aromatic rings. The number of halogens is 3. The molecule has 1 saturated carbocycles. The summed E-state index contributed by atoms with van der Waals surface area (Å²) in [5, 5.41) is 15.5. The van der Waals surface area contributed by atoms with Gasteiger partial charge in [0.1, 0.15) is 11.1 Å². The Balaban J connectivity index is 1.74. The van der Waals surface area contributed by atoms with Crippen LogP contribution < -0.4 is 16.2 Å². The maximum atomic E-state index is 13.2. The molecule has 26 heavy (non-hydrogen) atoms. The molecule has 1 unspecified atom stereocenters. The van der Waals surface area contributed by atoms with Crippen molar-refractivity contribution < 1.29 is 13.2 Å². The van der Waals surface area contributed by atoms with Gasteiger partial charge in [0.25, 0.3) is 5.56 Å². The lowest BCUT2D eigenvalue weighted by molar-refractivity contribution is -0.136. The Morgan fingerprint density at radius 1 is 1.35 bits per heavy atom. The van der Waals surface area contributed by atoms with Crippen molar-refractivity contribution in [2.75, 3.05) is 18.4 Å². The molecule has 1 saturated heterocycles. The van der Waals surface area contributed by atoms with Crippen LogP contribution in [0.25, 0.3) is 0 Å². The lowest BCUT2D eigenvalue weighted by atomic mass is 10.0. The first-order chi connectivity index (χ1) is 12.4. The van der Waals surface area contributed by atoms with E-state index < -0.39 is 17.3 Å². The Morgan fingerprint density at radius 3 is 2.73 bits per heavy atom. The molecule has 2 fully saturated rings. The summed E-state index contributed by atoms with van der Waals surface area (Å²) in [4.78, 5) is 12.7. The summed E-state index contributed by atoms with van der Waals surface area (Å²) in [6.45, 7) is 1.45. The fraction of sp³-hybridized carbons (Fsp3) is 0.412. The number of benzene rings is 1. The van der Waals surface area contributed by atoms with Gasteiger partial charge in [0.15, 0.2) is 5.56 Å². The van der Waals surface area contributed by atoms with Crippen molar-refractivity contribution in [2.45, 2.75) is 25.1 Å². The Labute approximate surface area is 151 Å². The minimum Gasteiger partial charge on any atom is -0.344 e. The van der Waals surface area contributed by atoms with Crippen LogP contribution in [0.4, 0.5) is 23.9 Å². The van der Waals surface area contributed by atoms with E-state index in [1.807, 2.05) is 6.07 Å². The third kappa shape index (κ3) is 2.70. The van der Waals surface area contributed by atoms with Crippen LogP contribution in [0.1, 0.15) is 30.0 Å². The Morgan fingerprint density at radius 2 is 2.08 bits per heavy atom. The van der Waals surface area contributed by atoms with Crippen molar-refractivity contribution in [3.63, 3.8) is 0 Å². The predicted octanol–water partition coefficient (Wildman–Crippen LogP) is 3.47. The average Bonchev–Trinajstić information content (AvgIpc) is 3.14. The van der Waals surface area contributed by atoms with Crippen LogP contribution in [-0.2, 0) is 6.18 Å². The molecule has 1 atom stereocenters. The minimum atomic E-state index is -4.53. The number of nitrogens with one attached hydrogen (secondary N) is 2. The van der Waals surface area contributed by atoms with Crippen molar-refractivity contribution in [1.82, 2.24) is 9.27 Å². The zero-order chi connectivity index (χ0) is 18.5. The van der Waals surface area contributed by atoms with E-state index >= 15 is 0 Å². The Hall–Kier alpha value is -2.31. The molecule has 2 aliphatic rings. The topological polar surface area (TPSA) is 69.8 Å². The molecular formula is C17H15F3N4OS. The number of nitriles is 1. The number of nitrogens with zero attached hydrogens (tertiary/aromatic N) is 2. The number of hydrogen-bond donors (Lipinski definition) is 2. The fourth-order valence-electron chi connectivity index (χ4n) is 3.54. The number of para-hydroxylation sites is 1. The summed E-state index contributed by atoms with van der Waals surface area (Å²) in [6, 6.07) is 6.82. The molecule has 1 aromatic carbocycles. The number of anilines is 2. The highest BCUT2D eigenvalue weighted by Crippen LogP contribution is 2.56. The highest BCUT2D eigenvalue weighted by molar-refractivity contribution is 7.11. The van der Waals surface area contributed by atoms with Crippen molar-refractivity contribution >= 4 is 22.2 Å². The average molecular weight is 380 g/mol. The molecule has 0 radical (unpaired) electrons. The maximum absolute atomic E-state index is 13.2. The smallest absolute Gasteiger partial charge is 0.344 e. The summed E-state index contributed by atoms with van der Waals surface area (Å²) in [7, 11) is 0. The van der Waals surface area contributed by atoms with Gasteiger partial charge in [-0.05, 0) is 36.5 Å². The van der Waals surface area contributed by atoms with Gasteiger partial charge in [0, 0.05) is 18.5 Å². The molecular weight excluding hydrogens is 365 g/mol. The summed E-state index contributed by atoms with van der Waals surface area (Å²) in [6.07, 6.45) is -2.51. The van der Waals surface area contributed by atoms with E-state index in [4.69, 9.17) is 0 Å². The van der Waals surface area contributed by atoms with Gasteiger partial charge < -0.3 is 10.6 Å². The number of rotatable bonds is 3. The van der Waals surface area contributed by atoms with E-state index in [0.717, 1.165) is 37.0 Å². The molecule has 0 bridgehead atoms. The van der Waals surface area contributed by atoms with Gasteiger partial charge in [-0.2, -0.15) is 18.4 Å². The molecule has 1 aliphatic heterocycles. The summed E-state index contributed by atoms with van der Waals surface area (Å²) < 4.78 is 41.1. The summed E-state index contributed by atoms with van der Waals surface area (Å²) >= 11 is 1.03. The SMILES string of the molecule is N#Cc1c(Nc2ccccc2C(F)(F)F)sn(C2CNCC23CC3)c1=O. The molecule has 5 nitrogen and oxygen atoms in total. The molecule has 1 aromatic heterocycles. The first-order valence-electron chi connectivity index (χ1n) is 8.16. The zero-order valence-electron chi connectivity index (χ0n) is 13.6. The molecule has 136 valence electrons. The van der Waals surface area contributed by atoms with E-state index in [1.165, 1.54) is 18.2 Å². The van der Waals surface area contributed by atoms with Crippen molar-refractivity contribution in [3.05, 3.63) is 45.7 Å². The molecule has 2 heterocycles. The van der Waals surface area contributed by atoms with Crippen LogP contribution >= 0.6 is 11.5 Å². The normalized spacial score (nSPS) is 20.9. The highest BCUT2D eigenvalue weighted by Gasteiger charge is 2.54. The van der Waals surface area contributed by atoms with E-state index in [1.54, 1.807) is 3.96 Å². The van der Waals surface area contributed by atoms with Crippen LogP contribution in [-0.4, -0.2) is 17.0 Å². The fourth-order valence-corrected chi connectivity index (χ4v) is 4.71. The third-order valence-corrected chi connectivity index (χ3v) is 6.23. The highest BCUT2D eigenvalue weighted by atomic mass is 32.1. The first kappa shape index (κ1) is 17.1. The minimum absolute atomic E-state index is 0.0442. The second-order valence-electron chi connectivity index (χ2n) is 6.72. The van der Waals surface area contributed by atoms with Gasteiger partial charge in [-0.3, -0.25) is 8.75 Å². The standard InChI is InChI=1S/C17H15F3N4OS/c18-17(19,20)11-3-1-2-4-12(11)23-14-10(7-21)15(25)24(26-14)13-8-22-9-16(13)5-6-16/h1-4,13,22-23H,5-6,8-9H2. The van der Waals surface area contributed by atoms with Crippen LogP contribution in [0.5, 0.6) is 0 Å². The molecule has 4 rings (SSSR count). The van der Waals surface area contributed by atoms with E-state index in [0.29, 0.717) is 6.54 Å². The van der Waals surface area contributed by atoms with Crippen LogP contribution in [0, 0.1) is 16.7 Å². The first-order valence-corrected chi connectivity index (χ1v) is 8.93. The van der Waals surface area contributed by atoms with Gasteiger partial charge >= 0.3 is 6.18 Å². The van der Waals surface area contributed by atoms with Crippen molar-refractivity contribution in [3.8, 4) is 6.07 Å². The van der Waals surface area contributed by atoms with Crippen LogP contribution in [0.2, 0.25) is 0 Å². The number of hydrogen-bond acceptors (Lipinski definition) is 5. The molecule has 2 N–H and O–H groups in total. The molecule has 1 spiro atoms. The monoisotopic (exact) mass is 380 g/mol. The van der Waals surface area contributed by atoms with Gasteiger partial charge in [-0.1, -0.05) is 12.1 Å². The molecule has 0 amide bonds. The molecule has 9 heteroatoms. The lowest BCUT2D eigenvalue weighted by Gasteiger charge is -2.17. The lowest BCUT2D eigenvalue weighted by Crippen LogP contribution is -2.26. The van der Waals surface area contributed by atoms with Crippen molar-refractivity contribution in [2.24, 2.45) is 5.41 Å². The molecule has 1 aliphatic carbocycles. The van der Waals surface area contributed by atoms with Crippen molar-refractivity contribution in [1.29, 1.82) is 5.26 Å². The zero-order valence-corrected chi connectivity index (χ0v) is 14.4. The summed E-state index contributed by atoms with van der Waals surface area (Å²) in [5.41, 5.74) is -1.55. The Bertz CT molecular complexity index is 952. The van der Waals surface area contributed by atoms with Crippen LogP contribution in [0.3, 0.4) is 0 Å². The number of aromatic nitrogens is 1. The van der Waals surface area contributed by atoms with Crippen LogP contribution in [0.15, 0.2) is 29.1 Å².